The number of aromatic nitrogens is 1. The zero-order valence-electron chi connectivity index (χ0n) is 14.0. The molecule has 1 aromatic carbocycles. The lowest BCUT2D eigenvalue weighted by Gasteiger charge is -2.43. The summed E-state index contributed by atoms with van der Waals surface area (Å²) in [7, 11) is 0. The monoisotopic (exact) mass is 341 g/mol. The minimum absolute atomic E-state index is 0.0421. The number of carbonyl (C=O) groups excluding carboxylic acids is 1. The average Bonchev–Trinajstić information content (AvgIpc) is 3.16. The number of aryl methyl sites for hydroxylation is 1. The van der Waals surface area contributed by atoms with Crippen LogP contribution in [0.15, 0.2) is 30.3 Å². The number of nitrogens with one attached hydrogen (secondary N) is 2. The molecule has 1 saturated carbocycles. The predicted octanol–water partition coefficient (Wildman–Crippen LogP) is 3.38. The van der Waals surface area contributed by atoms with E-state index in [0.717, 1.165) is 35.0 Å². The molecule has 1 atom stereocenters. The molecule has 126 valence electrons. The van der Waals surface area contributed by atoms with Gasteiger partial charge in [-0.25, -0.2) is 4.98 Å². The van der Waals surface area contributed by atoms with Gasteiger partial charge in [-0.15, -0.1) is 11.3 Å². The van der Waals surface area contributed by atoms with Crippen LogP contribution >= 0.6 is 11.3 Å². The summed E-state index contributed by atoms with van der Waals surface area (Å²) in [6, 6.07) is 10.1. The molecule has 1 aliphatic carbocycles. The van der Waals surface area contributed by atoms with Gasteiger partial charge in [0.1, 0.15) is 5.69 Å². The molecule has 2 aromatic rings. The quantitative estimate of drug-likeness (QED) is 0.896. The molecule has 1 aliphatic heterocycles. The minimum Gasteiger partial charge on any atom is -0.350 e. The molecule has 0 bridgehead atoms. The lowest BCUT2D eigenvalue weighted by molar-refractivity contribution is 0.0917. The van der Waals surface area contributed by atoms with Crippen LogP contribution in [0.25, 0.3) is 10.4 Å². The molecule has 0 radical (unpaired) electrons. The fourth-order valence-corrected chi connectivity index (χ4v) is 4.94. The van der Waals surface area contributed by atoms with Crippen LogP contribution in [0, 0.1) is 12.8 Å². The Bertz CT molecular complexity index is 736. The number of hydrogen-bond acceptors (Lipinski definition) is 4. The van der Waals surface area contributed by atoms with Crippen molar-refractivity contribution in [1.29, 1.82) is 0 Å². The maximum atomic E-state index is 12.7. The van der Waals surface area contributed by atoms with Crippen molar-refractivity contribution in [2.24, 2.45) is 5.92 Å². The third-order valence-electron chi connectivity index (χ3n) is 5.49. The van der Waals surface area contributed by atoms with Crippen molar-refractivity contribution in [3.8, 4) is 10.4 Å². The molecule has 2 N–H and O–H groups in total. The van der Waals surface area contributed by atoms with Crippen molar-refractivity contribution in [1.82, 2.24) is 15.6 Å². The molecular weight excluding hydrogens is 318 g/mol. The molecule has 2 fully saturated rings. The van der Waals surface area contributed by atoms with Crippen LogP contribution in [-0.2, 0) is 0 Å². The summed E-state index contributed by atoms with van der Waals surface area (Å²) in [4.78, 5) is 18.2. The van der Waals surface area contributed by atoms with E-state index in [1.54, 1.807) is 11.3 Å². The van der Waals surface area contributed by atoms with Gasteiger partial charge < -0.3 is 10.6 Å². The van der Waals surface area contributed by atoms with Crippen molar-refractivity contribution in [2.45, 2.75) is 38.1 Å². The van der Waals surface area contributed by atoms with Crippen LogP contribution < -0.4 is 10.6 Å². The van der Waals surface area contributed by atoms with Gasteiger partial charge in [0, 0.05) is 12.1 Å². The number of hydrogen-bond donors (Lipinski definition) is 2. The van der Waals surface area contributed by atoms with Crippen molar-refractivity contribution in [3.05, 3.63) is 41.0 Å². The first-order chi connectivity index (χ1) is 11.7. The first kappa shape index (κ1) is 15.8. The van der Waals surface area contributed by atoms with E-state index >= 15 is 0 Å². The Labute approximate surface area is 146 Å². The average molecular weight is 341 g/mol. The number of thiazole rings is 1. The third kappa shape index (κ3) is 2.76. The molecule has 1 amide bonds. The van der Waals surface area contributed by atoms with E-state index in [1.165, 1.54) is 19.3 Å². The highest BCUT2D eigenvalue weighted by molar-refractivity contribution is 7.15. The number of benzene rings is 1. The SMILES string of the molecule is Cc1nc(C(=O)NCC2CCNC23CCC3)c(-c2ccccc2)s1. The summed E-state index contributed by atoms with van der Waals surface area (Å²) in [5.74, 6) is 0.509. The van der Waals surface area contributed by atoms with Gasteiger partial charge in [0.05, 0.1) is 9.88 Å². The molecule has 2 heterocycles. The molecule has 1 unspecified atom stereocenters. The Hall–Kier alpha value is -1.72. The molecule has 1 saturated heterocycles. The summed E-state index contributed by atoms with van der Waals surface area (Å²) >= 11 is 1.59. The predicted molar refractivity (Wildman–Crippen MR) is 97.3 cm³/mol. The Balaban J connectivity index is 1.49. The summed E-state index contributed by atoms with van der Waals surface area (Å²) in [6.45, 7) is 3.78. The van der Waals surface area contributed by atoms with Gasteiger partial charge >= 0.3 is 0 Å². The first-order valence-electron chi connectivity index (χ1n) is 8.74. The number of carbonyl (C=O) groups is 1. The topological polar surface area (TPSA) is 54.0 Å². The normalized spacial score (nSPS) is 21.6. The largest absolute Gasteiger partial charge is 0.350 e. The Morgan fingerprint density at radius 1 is 1.38 bits per heavy atom. The van der Waals surface area contributed by atoms with E-state index in [0.29, 0.717) is 17.2 Å². The van der Waals surface area contributed by atoms with Gasteiger partial charge in [-0.2, -0.15) is 0 Å². The van der Waals surface area contributed by atoms with Gasteiger partial charge in [0.25, 0.3) is 5.91 Å². The van der Waals surface area contributed by atoms with E-state index in [-0.39, 0.29) is 5.91 Å². The molecule has 1 spiro atoms. The summed E-state index contributed by atoms with van der Waals surface area (Å²) in [6.07, 6.45) is 4.96. The van der Waals surface area contributed by atoms with Gasteiger partial charge in [-0.1, -0.05) is 30.3 Å². The number of nitrogens with zero attached hydrogens (tertiary/aromatic N) is 1. The minimum atomic E-state index is -0.0421. The Morgan fingerprint density at radius 3 is 2.88 bits per heavy atom. The second-order valence-electron chi connectivity index (χ2n) is 6.91. The zero-order chi connectivity index (χ0) is 16.6. The number of rotatable bonds is 4. The van der Waals surface area contributed by atoms with E-state index in [2.05, 4.69) is 15.6 Å². The van der Waals surface area contributed by atoms with E-state index < -0.39 is 0 Å². The lowest BCUT2D eigenvalue weighted by atomic mass is 9.69. The Morgan fingerprint density at radius 2 is 2.17 bits per heavy atom. The van der Waals surface area contributed by atoms with Crippen molar-refractivity contribution >= 4 is 17.2 Å². The smallest absolute Gasteiger partial charge is 0.271 e. The van der Waals surface area contributed by atoms with E-state index in [4.69, 9.17) is 0 Å². The summed E-state index contributed by atoms with van der Waals surface area (Å²) in [5, 5.41) is 7.74. The molecule has 5 heteroatoms. The Kier molecular flexibility index (Phi) is 4.14. The molecule has 24 heavy (non-hydrogen) atoms. The maximum absolute atomic E-state index is 12.7. The van der Waals surface area contributed by atoms with E-state index in [1.807, 2.05) is 37.3 Å². The molecular formula is C19H23N3OS. The van der Waals surface area contributed by atoms with Crippen molar-refractivity contribution in [3.63, 3.8) is 0 Å². The van der Waals surface area contributed by atoms with Gasteiger partial charge in [0.15, 0.2) is 0 Å². The highest BCUT2D eigenvalue weighted by Gasteiger charge is 2.46. The standard InChI is InChI=1S/C19H23N3OS/c1-13-22-16(17(24-13)14-6-3-2-4-7-14)18(23)20-12-15-8-11-21-19(15)9-5-10-19/h2-4,6-7,15,21H,5,8-12H2,1H3,(H,20,23). The van der Waals surface area contributed by atoms with Crippen LogP contribution in [0.2, 0.25) is 0 Å². The van der Waals surface area contributed by atoms with Crippen molar-refractivity contribution in [2.75, 3.05) is 13.1 Å². The van der Waals surface area contributed by atoms with Crippen molar-refractivity contribution < 1.29 is 4.79 Å². The van der Waals surface area contributed by atoms with Gasteiger partial charge in [-0.05, 0) is 50.6 Å². The van der Waals surface area contributed by atoms with Crippen LogP contribution in [0.3, 0.4) is 0 Å². The van der Waals surface area contributed by atoms with Crippen LogP contribution in [0.4, 0.5) is 0 Å². The summed E-state index contributed by atoms with van der Waals surface area (Å²) in [5.41, 5.74) is 1.93. The maximum Gasteiger partial charge on any atom is 0.271 e. The zero-order valence-corrected chi connectivity index (χ0v) is 14.8. The van der Waals surface area contributed by atoms with E-state index in [9.17, 15) is 4.79 Å². The second kappa shape index (κ2) is 6.30. The third-order valence-corrected chi connectivity index (χ3v) is 6.51. The van der Waals surface area contributed by atoms with Gasteiger partial charge in [0.2, 0.25) is 0 Å². The van der Waals surface area contributed by atoms with Gasteiger partial charge in [-0.3, -0.25) is 4.79 Å². The van der Waals surface area contributed by atoms with Crippen LogP contribution in [-0.4, -0.2) is 29.5 Å². The van der Waals surface area contributed by atoms with Crippen LogP contribution in [0.5, 0.6) is 0 Å². The fourth-order valence-electron chi connectivity index (χ4n) is 4.02. The second-order valence-corrected chi connectivity index (χ2v) is 8.11. The highest BCUT2D eigenvalue weighted by Crippen LogP contribution is 2.42. The lowest BCUT2D eigenvalue weighted by Crippen LogP contribution is -2.53. The highest BCUT2D eigenvalue weighted by atomic mass is 32.1. The molecule has 4 nitrogen and oxygen atoms in total. The molecule has 4 rings (SSSR count). The fraction of sp³-hybridized carbons (Fsp3) is 0.474. The molecule has 1 aromatic heterocycles. The van der Waals surface area contributed by atoms with Crippen LogP contribution in [0.1, 0.15) is 41.2 Å². The number of amides is 1. The summed E-state index contributed by atoms with van der Waals surface area (Å²) < 4.78 is 0. The molecule has 2 aliphatic rings. The first-order valence-corrected chi connectivity index (χ1v) is 9.56.